The molecule has 4 heteroatoms. The Morgan fingerprint density at radius 3 is 2.50 bits per heavy atom. The number of fused-ring (bicyclic) bond motifs is 2. The van der Waals surface area contributed by atoms with Gasteiger partial charge in [-0.05, 0) is 50.3 Å². The van der Waals surface area contributed by atoms with Crippen LogP contribution in [-0.4, -0.2) is 18.1 Å². The van der Waals surface area contributed by atoms with E-state index in [1.54, 1.807) is 6.07 Å². The minimum Gasteiger partial charge on any atom is -0.364 e. The van der Waals surface area contributed by atoms with Crippen molar-refractivity contribution in [2.75, 3.05) is 4.90 Å². The van der Waals surface area contributed by atoms with Crippen molar-refractivity contribution in [3.8, 4) is 0 Å². The van der Waals surface area contributed by atoms with Crippen molar-refractivity contribution in [1.29, 1.82) is 0 Å². The molecule has 2 aliphatic rings. The van der Waals surface area contributed by atoms with Crippen molar-refractivity contribution in [2.24, 2.45) is 5.73 Å². The van der Waals surface area contributed by atoms with Crippen LogP contribution in [0.4, 0.5) is 10.1 Å². The third-order valence-electron chi connectivity index (χ3n) is 4.20. The van der Waals surface area contributed by atoms with Crippen LogP contribution >= 0.6 is 11.6 Å². The molecular formula is C14H18ClFN2. The molecule has 0 spiro atoms. The van der Waals surface area contributed by atoms with Gasteiger partial charge in [-0.25, -0.2) is 4.39 Å². The summed E-state index contributed by atoms with van der Waals surface area (Å²) in [5.74, 6) is -0.275. The molecule has 2 nitrogen and oxygen atoms in total. The summed E-state index contributed by atoms with van der Waals surface area (Å²) >= 11 is 6.20. The number of benzene rings is 1. The fourth-order valence-electron chi connectivity index (χ4n) is 3.51. The van der Waals surface area contributed by atoms with Gasteiger partial charge in [0.2, 0.25) is 0 Å². The van der Waals surface area contributed by atoms with Crippen LogP contribution < -0.4 is 10.6 Å². The van der Waals surface area contributed by atoms with E-state index in [4.69, 9.17) is 17.3 Å². The zero-order valence-electron chi connectivity index (χ0n) is 10.3. The van der Waals surface area contributed by atoms with Gasteiger partial charge >= 0.3 is 0 Å². The predicted molar refractivity (Wildman–Crippen MR) is 72.5 cm³/mol. The first-order valence-corrected chi connectivity index (χ1v) is 7.02. The molecular weight excluding hydrogens is 251 g/mol. The molecule has 0 amide bonds. The Hall–Kier alpha value is -0.800. The van der Waals surface area contributed by atoms with Gasteiger partial charge in [0.1, 0.15) is 5.82 Å². The standard InChI is InChI=1S/C14H18ClFN2/c15-13-6-9(16)4-5-14(13)18-11-2-1-3-12(18)8-10(17)7-11/h4-6,10-12H,1-3,7-8,17H2. The van der Waals surface area contributed by atoms with Crippen LogP contribution in [0.2, 0.25) is 5.02 Å². The molecule has 2 aliphatic heterocycles. The zero-order chi connectivity index (χ0) is 12.7. The fourth-order valence-corrected chi connectivity index (χ4v) is 3.77. The highest BCUT2D eigenvalue weighted by atomic mass is 35.5. The smallest absolute Gasteiger partial charge is 0.124 e. The Kier molecular flexibility index (Phi) is 3.20. The maximum atomic E-state index is 13.1. The lowest BCUT2D eigenvalue weighted by molar-refractivity contribution is 0.271. The Morgan fingerprint density at radius 2 is 1.89 bits per heavy atom. The maximum Gasteiger partial charge on any atom is 0.124 e. The van der Waals surface area contributed by atoms with E-state index in [9.17, 15) is 4.39 Å². The van der Waals surface area contributed by atoms with Crippen molar-refractivity contribution in [2.45, 2.75) is 50.2 Å². The van der Waals surface area contributed by atoms with E-state index in [2.05, 4.69) is 4.90 Å². The van der Waals surface area contributed by atoms with E-state index in [-0.39, 0.29) is 5.82 Å². The third kappa shape index (κ3) is 2.10. The Balaban J connectivity index is 1.95. The quantitative estimate of drug-likeness (QED) is 0.847. The van der Waals surface area contributed by atoms with E-state index < -0.39 is 0 Å². The second kappa shape index (κ2) is 4.71. The normalized spacial score (nSPS) is 31.5. The van der Waals surface area contributed by atoms with Crippen LogP contribution in [0.25, 0.3) is 0 Å². The summed E-state index contributed by atoms with van der Waals surface area (Å²) in [6, 6.07) is 5.94. The number of halogens is 2. The maximum absolute atomic E-state index is 13.1. The van der Waals surface area contributed by atoms with Crippen LogP contribution in [-0.2, 0) is 0 Å². The topological polar surface area (TPSA) is 29.3 Å². The van der Waals surface area contributed by atoms with Crippen LogP contribution in [0.1, 0.15) is 32.1 Å². The van der Waals surface area contributed by atoms with Gasteiger partial charge in [-0.3, -0.25) is 0 Å². The lowest BCUT2D eigenvalue weighted by atomic mass is 9.81. The van der Waals surface area contributed by atoms with Crippen molar-refractivity contribution < 1.29 is 4.39 Å². The Morgan fingerprint density at radius 1 is 1.22 bits per heavy atom. The van der Waals surface area contributed by atoms with Gasteiger partial charge in [-0.2, -0.15) is 0 Å². The molecule has 2 unspecified atom stereocenters. The largest absolute Gasteiger partial charge is 0.364 e. The van der Waals surface area contributed by atoms with Crippen molar-refractivity contribution in [3.63, 3.8) is 0 Å². The third-order valence-corrected chi connectivity index (χ3v) is 4.50. The van der Waals surface area contributed by atoms with E-state index in [0.29, 0.717) is 23.1 Å². The van der Waals surface area contributed by atoms with Crippen molar-refractivity contribution in [1.82, 2.24) is 0 Å². The number of nitrogens with two attached hydrogens (primary N) is 1. The molecule has 2 bridgehead atoms. The van der Waals surface area contributed by atoms with Gasteiger partial charge in [0.25, 0.3) is 0 Å². The summed E-state index contributed by atoms with van der Waals surface area (Å²) in [5, 5.41) is 0.516. The van der Waals surface area contributed by atoms with E-state index in [1.807, 2.05) is 0 Å². The van der Waals surface area contributed by atoms with E-state index >= 15 is 0 Å². The van der Waals surface area contributed by atoms with Crippen LogP contribution in [0, 0.1) is 5.82 Å². The molecule has 2 N–H and O–H groups in total. The average molecular weight is 269 g/mol. The molecule has 3 rings (SSSR count). The molecule has 0 saturated carbocycles. The first kappa shape index (κ1) is 12.2. The lowest BCUT2D eigenvalue weighted by Gasteiger charge is -2.49. The second-order valence-corrected chi connectivity index (χ2v) is 5.88. The molecule has 1 aromatic carbocycles. The summed E-state index contributed by atoms with van der Waals surface area (Å²) in [4.78, 5) is 2.38. The second-order valence-electron chi connectivity index (χ2n) is 5.47. The lowest BCUT2D eigenvalue weighted by Crippen LogP contribution is -2.55. The number of hydrogen-bond acceptors (Lipinski definition) is 2. The molecule has 0 aliphatic carbocycles. The molecule has 98 valence electrons. The van der Waals surface area contributed by atoms with Gasteiger partial charge < -0.3 is 10.6 Å². The highest BCUT2D eigenvalue weighted by molar-refractivity contribution is 6.33. The van der Waals surface area contributed by atoms with Gasteiger partial charge in [-0.15, -0.1) is 0 Å². The van der Waals surface area contributed by atoms with Crippen LogP contribution in [0.3, 0.4) is 0 Å². The van der Waals surface area contributed by atoms with Crippen LogP contribution in [0.5, 0.6) is 0 Å². The first-order valence-electron chi connectivity index (χ1n) is 6.64. The summed E-state index contributed by atoms with van der Waals surface area (Å²) in [7, 11) is 0. The Labute approximate surface area is 112 Å². The van der Waals surface area contributed by atoms with Crippen LogP contribution in [0.15, 0.2) is 18.2 Å². The number of rotatable bonds is 1. The Bertz CT molecular complexity index is 437. The van der Waals surface area contributed by atoms with Gasteiger partial charge in [0.05, 0.1) is 10.7 Å². The highest BCUT2D eigenvalue weighted by Gasteiger charge is 2.37. The zero-order valence-corrected chi connectivity index (χ0v) is 11.0. The summed E-state index contributed by atoms with van der Waals surface area (Å²) in [6.45, 7) is 0. The highest BCUT2D eigenvalue weighted by Crippen LogP contribution is 2.40. The van der Waals surface area contributed by atoms with Gasteiger partial charge in [0, 0.05) is 18.1 Å². The van der Waals surface area contributed by atoms with Crippen molar-refractivity contribution >= 4 is 17.3 Å². The molecule has 1 aromatic rings. The first-order chi connectivity index (χ1) is 8.65. The van der Waals surface area contributed by atoms with E-state index in [0.717, 1.165) is 31.4 Å². The minimum atomic E-state index is -0.275. The molecule has 2 fully saturated rings. The summed E-state index contributed by atoms with van der Waals surface area (Å²) in [5.41, 5.74) is 7.08. The fraction of sp³-hybridized carbons (Fsp3) is 0.571. The number of hydrogen-bond donors (Lipinski definition) is 1. The number of anilines is 1. The number of nitrogens with zero attached hydrogens (tertiary/aromatic N) is 1. The molecule has 2 atom stereocenters. The number of piperidine rings is 2. The minimum absolute atomic E-state index is 0.275. The molecule has 2 saturated heterocycles. The molecule has 2 heterocycles. The summed E-state index contributed by atoms with van der Waals surface area (Å²) < 4.78 is 13.1. The monoisotopic (exact) mass is 268 g/mol. The van der Waals surface area contributed by atoms with Gasteiger partial charge in [0.15, 0.2) is 0 Å². The van der Waals surface area contributed by atoms with Crippen molar-refractivity contribution in [3.05, 3.63) is 29.0 Å². The molecule has 0 aromatic heterocycles. The molecule has 0 radical (unpaired) electrons. The summed E-state index contributed by atoms with van der Waals surface area (Å²) in [6.07, 6.45) is 5.63. The van der Waals surface area contributed by atoms with Gasteiger partial charge in [-0.1, -0.05) is 11.6 Å². The SMILES string of the molecule is NC1CC2CCCC(C1)N2c1ccc(F)cc1Cl. The molecule has 18 heavy (non-hydrogen) atoms. The predicted octanol–water partition coefficient (Wildman–Crippen LogP) is 3.33. The van der Waals surface area contributed by atoms with E-state index in [1.165, 1.54) is 18.6 Å². The average Bonchev–Trinajstić information content (AvgIpc) is 2.28.